The third kappa shape index (κ3) is 3.82. The highest BCUT2D eigenvalue weighted by atomic mass is 35.5. The Morgan fingerprint density at radius 2 is 1.67 bits per heavy atom. The number of hydrogen-bond donors (Lipinski definition) is 1. The maximum atomic E-state index is 13.9. The number of benzene rings is 3. The first kappa shape index (κ1) is 19.8. The van der Waals surface area contributed by atoms with Crippen LogP contribution < -0.4 is 5.32 Å². The van der Waals surface area contributed by atoms with Crippen LogP contribution in [0.15, 0.2) is 66.7 Å². The number of carbonyl (C=O) groups excluding carboxylic acids is 3. The molecule has 1 aliphatic heterocycles. The summed E-state index contributed by atoms with van der Waals surface area (Å²) >= 11 is 5.84. The van der Waals surface area contributed by atoms with Gasteiger partial charge >= 0.3 is 0 Å². The molecule has 5 nitrogen and oxygen atoms in total. The SMILES string of the molecule is O=C(Nc1cc(Cl)ccc1F)c1ccc2c(c1)C(=O)N(CCc1ccccc1)C2=O. The molecule has 3 amide bonds. The molecular weight excluding hydrogens is 407 g/mol. The van der Waals surface area contributed by atoms with Gasteiger partial charge in [-0.25, -0.2) is 4.39 Å². The van der Waals surface area contributed by atoms with Gasteiger partial charge in [-0.2, -0.15) is 0 Å². The van der Waals surface area contributed by atoms with Gasteiger partial charge in [0.25, 0.3) is 17.7 Å². The van der Waals surface area contributed by atoms with Crippen LogP contribution >= 0.6 is 11.6 Å². The van der Waals surface area contributed by atoms with Crippen molar-refractivity contribution < 1.29 is 18.8 Å². The van der Waals surface area contributed by atoms with Crippen LogP contribution in [-0.2, 0) is 6.42 Å². The summed E-state index contributed by atoms with van der Waals surface area (Å²) in [4.78, 5) is 39.1. The highest BCUT2D eigenvalue weighted by molar-refractivity contribution is 6.31. The number of amides is 3. The minimum atomic E-state index is -0.632. The van der Waals surface area contributed by atoms with Crippen molar-refractivity contribution in [2.45, 2.75) is 6.42 Å². The highest BCUT2D eigenvalue weighted by Gasteiger charge is 2.35. The van der Waals surface area contributed by atoms with Gasteiger partial charge in [-0.05, 0) is 48.4 Å². The van der Waals surface area contributed by atoms with Crippen molar-refractivity contribution in [1.82, 2.24) is 4.90 Å². The largest absolute Gasteiger partial charge is 0.319 e. The topological polar surface area (TPSA) is 66.5 Å². The Morgan fingerprint density at radius 3 is 2.43 bits per heavy atom. The van der Waals surface area contributed by atoms with Gasteiger partial charge in [0.1, 0.15) is 5.82 Å². The van der Waals surface area contributed by atoms with Crippen LogP contribution in [0.3, 0.4) is 0 Å². The van der Waals surface area contributed by atoms with Gasteiger partial charge in [0.15, 0.2) is 0 Å². The van der Waals surface area contributed by atoms with Gasteiger partial charge in [-0.1, -0.05) is 41.9 Å². The average Bonchev–Trinajstić information content (AvgIpc) is 2.99. The molecule has 0 saturated carbocycles. The van der Waals surface area contributed by atoms with Gasteiger partial charge in [0.2, 0.25) is 0 Å². The number of nitrogens with zero attached hydrogens (tertiary/aromatic N) is 1. The first-order valence-electron chi connectivity index (χ1n) is 9.24. The summed E-state index contributed by atoms with van der Waals surface area (Å²) in [6.45, 7) is 0.242. The highest BCUT2D eigenvalue weighted by Crippen LogP contribution is 2.26. The predicted octanol–water partition coefficient (Wildman–Crippen LogP) is 4.57. The number of imide groups is 1. The number of nitrogens with one attached hydrogen (secondary N) is 1. The molecule has 30 heavy (non-hydrogen) atoms. The molecular formula is C23H16ClFN2O3. The Balaban J connectivity index is 1.52. The summed E-state index contributed by atoms with van der Waals surface area (Å²) in [5.74, 6) is -2.08. The summed E-state index contributed by atoms with van der Waals surface area (Å²) < 4.78 is 13.9. The number of halogens is 2. The summed E-state index contributed by atoms with van der Waals surface area (Å²) in [7, 11) is 0. The summed E-state index contributed by atoms with van der Waals surface area (Å²) in [6, 6.07) is 17.6. The van der Waals surface area contributed by atoms with Crippen molar-refractivity contribution in [3.05, 3.63) is 99.8 Å². The molecule has 7 heteroatoms. The van der Waals surface area contributed by atoms with E-state index >= 15 is 0 Å². The van der Waals surface area contributed by atoms with Gasteiger partial charge in [0, 0.05) is 17.1 Å². The molecule has 0 aromatic heterocycles. The molecule has 0 aliphatic carbocycles. The maximum absolute atomic E-state index is 13.9. The van der Waals surface area contributed by atoms with E-state index in [1.165, 1.54) is 35.2 Å². The molecule has 1 N–H and O–H groups in total. The first-order chi connectivity index (χ1) is 14.4. The Morgan fingerprint density at radius 1 is 0.933 bits per heavy atom. The minimum Gasteiger partial charge on any atom is -0.319 e. The minimum absolute atomic E-state index is 0.0695. The molecule has 0 saturated heterocycles. The zero-order valence-corrected chi connectivity index (χ0v) is 16.4. The lowest BCUT2D eigenvalue weighted by atomic mass is 10.1. The normalized spacial score (nSPS) is 12.8. The van der Waals surface area contributed by atoms with Gasteiger partial charge in [-0.3, -0.25) is 19.3 Å². The monoisotopic (exact) mass is 422 g/mol. The van der Waals surface area contributed by atoms with E-state index in [1.807, 2.05) is 30.3 Å². The molecule has 4 rings (SSSR count). The molecule has 0 atom stereocenters. The summed E-state index contributed by atoms with van der Waals surface area (Å²) in [5.41, 5.74) is 1.49. The van der Waals surface area contributed by atoms with Crippen LogP contribution in [0, 0.1) is 5.82 Å². The van der Waals surface area contributed by atoms with Crippen LogP contribution in [-0.4, -0.2) is 29.2 Å². The maximum Gasteiger partial charge on any atom is 0.261 e. The number of fused-ring (bicyclic) bond motifs is 1. The Bertz CT molecular complexity index is 1160. The fraction of sp³-hybridized carbons (Fsp3) is 0.0870. The molecule has 150 valence electrons. The van der Waals surface area contributed by atoms with E-state index in [1.54, 1.807) is 0 Å². The standard InChI is InChI=1S/C23H16ClFN2O3/c24-16-7-9-19(25)20(13-16)26-21(28)15-6-8-17-18(12-15)23(30)27(22(17)29)11-10-14-4-2-1-3-5-14/h1-9,12-13H,10-11H2,(H,26,28). The van der Waals surface area contributed by atoms with E-state index in [9.17, 15) is 18.8 Å². The fourth-order valence-corrected chi connectivity index (χ4v) is 3.48. The van der Waals surface area contributed by atoms with Crippen molar-refractivity contribution in [3.63, 3.8) is 0 Å². The van der Waals surface area contributed by atoms with Gasteiger partial charge in [-0.15, -0.1) is 0 Å². The molecule has 0 unspecified atom stereocenters. The number of carbonyl (C=O) groups is 3. The van der Waals surface area contributed by atoms with E-state index in [0.29, 0.717) is 6.42 Å². The Hall–Kier alpha value is -3.51. The lowest BCUT2D eigenvalue weighted by molar-refractivity contribution is 0.0656. The Labute approximate surface area is 177 Å². The lowest BCUT2D eigenvalue weighted by Gasteiger charge is -2.13. The molecule has 0 spiro atoms. The summed E-state index contributed by atoms with van der Waals surface area (Å²) in [6.07, 6.45) is 0.535. The molecule has 0 fully saturated rings. The molecule has 1 aliphatic rings. The molecule has 3 aromatic rings. The van der Waals surface area contributed by atoms with Crippen molar-refractivity contribution in [1.29, 1.82) is 0 Å². The quantitative estimate of drug-likeness (QED) is 0.612. The predicted molar refractivity (Wildman–Crippen MR) is 111 cm³/mol. The van der Waals surface area contributed by atoms with Crippen molar-refractivity contribution >= 4 is 35.0 Å². The fourth-order valence-electron chi connectivity index (χ4n) is 3.31. The van der Waals surface area contributed by atoms with Crippen LogP contribution in [0.2, 0.25) is 5.02 Å². The second-order valence-corrected chi connectivity index (χ2v) is 7.27. The second-order valence-electron chi connectivity index (χ2n) is 6.84. The number of hydrogen-bond acceptors (Lipinski definition) is 3. The van der Waals surface area contributed by atoms with Crippen molar-refractivity contribution in [3.8, 4) is 0 Å². The smallest absolute Gasteiger partial charge is 0.261 e. The number of anilines is 1. The zero-order chi connectivity index (χ0) is 21.3. The van der Waals surface area contributed by atoms with E-state index in [4.69, 9.17) is 11.6 Å². The van der Waals surface area contributed by atoms with E-state index in [0.717, 1.165) is 11.6 Å². The Kier molecular flexibility index (Phi) is 5.33. The van der Waals surface area contributed by atoms with Gasteiger partial charge in [0.05, 0.1) is 16.8 Å². The third-order valence-corrected chi connectivity index (χ3v) is 5.11. The molecule has 0 radical (unpaired) electrons. The van der Waals surface area contributed by atoms with Gasteiger partial charge < -0.3 is 5.32 Å². The third-order valence-electron chi connectivity index (χ3n) is 4.88. The molecule has 3 aromatic carbocycles. The van der Waals surface area contributed by atoms with Crippen molar-refractivity contribution in [2.75, 3.05) is 11.9 Å². The van der Waals surface area contributed by atoms with Crippen LogP contribution in [0.4, 0.5) is 10.1 Å². The molecule has 0 bridgehead atoms. The number of rotatable bonds is 5. The second kappa shape index (κ2) is 8.08. The van der Waals surface area contributed by atoms with E-state index in [-0.39, 0.29) is 33.9 Å². The van der Waals surface area contributed by atoms with Crippen molar-refractivity contribution in [2.24, 2.45) is 0 Å². The first-order valence-corrected chi connectivity index (χ1v) is 9.62. The molecule has 1 heterocycles. The lowest BCUT2D eigenvalue weighted by Crippen LogP contribution is -2.31. The van der Waals surface area contributed by atoms with Crippen LogP contribution in [0.25, 0.3) is 0 Å². The zero-order valence-electron chi connectivity index (χ0n) is 15.7. The van der Waals surface area contributed by atoms with Crippen LogP contribution in [0.1, 0.15) is 36.6 Å². The van der Waals surface area contributed by atoms with E-state index < -0.39 is 23.5 Å². The van der Waals surface area contributed by atoms with E-state index in [2.05, 4.69) is 5.32 Å². The summed E-state index contributed by atoms with van der Waals surface area (Å²) in [5, 5.41) is 2.71. The average molecular weight is 423 g/mol. The van der Waals surface area contributed by atoms with Crippen LogP contribution in [0.5, 0.6) is 0 Å².